The third-order valence-electron chi connectivity index (χ3n) is 14.4. The molecule has 0 bridgehead atoms. The molecule has 2 heterocycles. The van der Waals surface area contributed by atoms with E-state index >= 15 is 0 Å². The summed E-state index contributed by atoms with van der Waals surface area (Å²) in [6.07, 6.45) is 3.68. The molecule has 9 aromatic carbocycles. The van der Waals surface area contributed by atoms with Crippen LogP contribution in [0.15, 0.2) is 237 Å². The number of nitrogens with zero attached hydrogens (tertiary/aromatic N) is 2. The Morgan fingerprint density at radius 1 is 0.299 bits per heavy atom. The fraction of sp³-hybridized carbons (Fsp3) is 0.162. The van der Waals surface area contributed by atoms with Crippen LogP contribution in [0.3, 0.4) is 0 Å². The van der Waals surface area contributed by atoms with E-state index in [1.54, 1.807) is 6.20 Å². The molecule has 0 amide bonds. The van der Waals surface area contributed by atoms with Gasteiger partial charge in [0, 0.05) is 32.5 Å². The third kappa shape index (κ3) is 12.7. The fourth-order valence-electron chi connectivity index (χ4n) is 9.81. The second kappa shape index (κ2) is 22.8. The van der Waals surface area contributed by atoms with E-state index in [9.17, 15) is 0 Å². The van der Waals surface area contributed by atoms with Gasteiger partial charge in [-0.1, -0.05) is 190 Å². The Bertz CT molecular complexity index is 3640. The molecule has 0 aliphatic carbocycles. The summed E-state index contributed by atoms with van der Waals surface area (Å²) in [5.41, 5.74) is 22.3. The smallest absolute Gasteiger partial charge is 0.0167 e. The molecule has 3 heteroatoms. The van der Waals surface area contributed by atoms with Crippen molar-refractivity contribution in [2.75, 3.05) is 0 Å². The molecular formula is C74H66IrN2-2. The van der Waals surface area contributed by atoms with E-state index in [2.05, 4.69) is 255 Å². The van der Waals surface area contributed by atoms with Crippen LogP contribution in [0.1, 0.15) is 79.0 Å². The molecule has 0 spiro atoms. The Morgan fingerprint density at radius 2 is 0.727 bits per heavy atom. The maximum atomic E-state index is 4.82. The van der Waals surface area contributed by atoms with E-state index < -0.39 is 0 Å². The van der Waals surface area contributed by atoms with Gasteiger partial charge in [-0.25, -0.2) is 0 Å². The molecule has 0 N–H and O–H groups in total. The summed E-state index contributed by atoms with van der Waals surface area (Å²) in [7, 11) is 0. The average Bonchev–Trinajstić information content (AvgIpc) is 3.46. The maximum Gasteiger partial charge on any atom is 0.0167 e. The fourth-order valence-corrected chi connectivity index (χ4v) is 9.81. The van der Waals surface area contributed by atoms with Gasteiger partial charge in [0.2, 0.25) is 0 Å². The van der Waals surface area contributed by atoms with Crippen molar-refractivity contribution < 1.29 is 20.1 Å². The Balaban J connectivity index is 0.000000488. The van der Waals surface area contributed by atoms with E-state index in [1.807, 2.05) is 54.7 Å². The summed E-state index contributed by atoms with van der Waals surface area (Å²) in [6.45, 7) is 20.5. The molecule has 11 aromatic rings. The minimum absolute atomic E-state index is 0. The molecule has 383 valence electrons. The maximum absolute atomic E-state index is 4.82. The molecule has 1 radical (unpaired) electrons. The van der Waals surface area contributed by atoms with Gasteiger partial charge in [0.05, 0.1) is 0 Å². The van der Waals surface area contributed by atoms with Crippen molar-refractivity contribution in [1.82, 2.24) is 9.97 Å². The third-order valence-corrected chi connectivity index (χ3v) is 14.4. The van der Waals surface area contributed by atoms with Crippen molar-refractivity contribution >= 4 is 10.8 Å². The van der Waals surface area contributed by atoms with Gasteiger partial charge in [-0.15, -0.1) is 71.3 Å². The number of hydrogen-bond donors (Lipinski definition) is 0. The Labute approximate surface area is 471 Å². The zero-order valence-electron chi connectivity index (χ0n) is 45.7. The van der Waals surface area contributed by atoms with Gasteiger partial charge in [-0.05, 0) is 171 Å². The van der Waals surface area contributed by atoms with Crippen LogP contribution in [-0.2, 0) is 36.4 Å². The summed E-state index contributed by atoms with van der Waals surface area (Å²) >= 11 is 0. The van der Waals surface area contributed by atoms with Crippen molar-refractivity contribution in [3.05, 3.63) is 266 Å². The second-order valence-electron chi connectivity index (χ2n) is 23.0. The predicted molar refractivity (Wildman–Crippen MR) is 323 cm³/mol. The minimum atomic E-state index is 0. The molecule has 0 saturated heterocycles. The van der Waals surface area contributed by atoms with E-state index in [0.717, 1.165) is 44.6 Å². The molecule has 0 aliphatic heterocycles. The van der Waals surface area contributed by atoms with Crippen molar-refractivity contribution in [3.8, 4) is 89.3 Å². The van der Waals surface area contributed by atoms with Gasteiger partial charge in [0.15, 0.2) is 0 Å². The number of pyridine rings is 2. The first kappa shape index (κ1) is 54.0. The van der Waals surface area contributed by atoms with Crippen molar-refractivity contribution in [2.45, 2.75) is 78.6 Å². The van der Waals surface area contributed by atoms with Crippen molar-refractivity contribution in [2.24, 2.45) is 0 Å². The molecule has 2 aromatic heterocycles. The molecule has 0 atom stereocenters. The molecule has 0 saturated carbocycles. The summed E-state index contributed by atoms with van der Waals surface area (Å²) < 4.78 is 0. The monoisotopic (exact) mass is 1180 g/mol. The van der Waals surface area contributed by atoms with Gasteiger partial charge in [0.1, 0.15) is 0 Å². The van der Waals surface area contributed by atoms with Crippen LogP contribution >= 0.6 is 0 Å². The van der Waals surface area contributed by atoms with Gasteiger partial charge in [-0.3, -0.25) is 0 Å². The van der Waals surface area contributed by atoms with Crippen molar-refractivity contribution in [3.63, 3.8) is 0 Å². The molecule has 2 nitrogen and oxygen atoms in total. The molecule has 0 fully saturated rings. The Kier molecular flexibility index (Phi) is 16.0. The van der Waals surface area contributed by atoms with E-state index in [4.69, 9.17) is 4.98 Å². The predicted octanol–water partition coefficient (Wildman–Crippen LogP) is 20.1. The number of aromatic nitrogens is 2. The molecule has 11 rings (SSSR count). The Hall–Kier alpha value is -7.81. The number of fused-ring (bicyclic) bond motifs is 1. The van der Waals surface area contributed by atoms with Crippen LogP contribution in [0.2, 0.25) is 0 Å². The van der Waals surface area contributed by atoms with Gasteiger partial charge >= 0.3 is 0 Å². The van der Waals surface area contributed by atoms with Crippen LogP contribution in [-0.4, -0.2) is 9.97 Å². The molecule has 77 heavy (non-hydrogen) atoms. The summed E-state index contributed by atoms with van der Waals surface area (Å²) in [6, 6.07) is 87.9. The standard InChI is InChI=1S/C63H58N.C11H8N.Ir/c1-61(2,3)56-26-20-42(21-27-56)50-36-51(43-22-28-57(29-23-43)62(4,5)6)39-54(38-50)55-40-52(44-24-30-58(31-25-44)63(7,8)9)37-53(41-55)48-17-12-15-46(34-48)47-16-13-18-49(35-47)60-59-19-11-10-14-45(59)32-33-64-60;1-2-6-10(7-3-1)11-8-4-5-9-12-11;/h10-17,19-41H,1-9H3;1-6,8-9H;/q2*-1;. The van der Waals surface area contributed by atoms with Gasteiger partial charge in [0.25, 0.3) is 0 Å². The van der Waals surface area contributed by atoms with Gasteiger partial charge in [-0.2, -0.15) is 0 Å². The summed E-state index contributed by atoms with van der Waals surface area (Å²) in [4.78, 5) is 9.04. The van der Waals surface area contributed by atoms with Crippen LogP contribution < -0.4 is 0 Å². The SMILES string of the molecule is CC(C)(C)c1ccc(-c2cc(-c3ccc(C(C)(C)C)cc3)cc(-c3cc(-c4ccc(C(C)(C)C)cc4)cc(-c4cccc(-c5cc[c-]c(-c6nccc7ccccc67)c5)c4)c3)c2)cc1.[Ir].[c-]1ccccc1-c1ccccn1. The second-order valence-corrected chi connectivity index (χ2v) is 23.0. The summed E-state index contributed by atoms with van der Waals surface area (Å²) in [5.74, 6) is 0. The largest absolute Gasteiger partial charge is 0.305 e. The van der Waals surface area contributed by atoms with E-state index in [1.165, 1.54) is 72.1 Å². The first-order valence-electron chi connectivity index (χ1n) is 26.5. The van der Waals surface area contributed by atoms with Crippen LogP contribution in [0.4, 0.5) is 0 Å². The summed E-state index contributed by atoms with van der Waals surface area (Å²) in [5, 5.41) is 2.30. The van der Waals surface area contributed by atoms with E-state index in [-0.39, 0.29) is 36.4 Å². The number of benzene rings is 9. The molecule has 0 aliphatic rings. The quantitative estimate of drug-likeness (QED) is 0.142. The minimum Gasteiger partial charge on any atom is -0.305 e. The zero-order chi connectivity index (χ0) is 53.0. The first-order valence-corrected chi connectivity index (χ1v) is 26.5. The number of hydrogen-bond acceptors (Lipinski definition) is 2. The van der Waals surface area contributed by atoms with Crippen molar-refractivity contribution in [1.29, 1.82) is 0 Å². The Morgan fingerprint density at radius 3 is 1.21 bits per heavy atom. The van der Waals surface area contributed by atoms with Crippen LogP contribution in [0.5, 0.6) is 0 Å². The van der Waals surface area contributed by atoms with Gasteiger partial charge < -0.3 is 9.97 Å². The number of rotatable bonds is 8. The van der Waals surface area contributed by atoms with Crippen LogP contribution in [0, 0.1) is 12.1 Å². The average molecular weight is 1180 g/mol. The van der Waals surface area contributed by atoms with E-state index in [0.29, 0.717) is 0 Å². The molecule has 0 unspecified atom stereocenters. The molecular weight excluding hydrogens is 1110 g/mol. The topological polar surface area (TPSA) is 25.8 Å². The zero-order valence-corrected chi connectivity index (χ0v) is 48.1. The first-order chi connectivity index (χ1) is 36.5. The van der Waals surface area contributed by atoms with Crippen LogP contribution in [0.25, 0.3) is 100 Å². The normalized spacial score (nSPS) is 11.6.